The minimum absolute atomic E-state index is 0.218. The summed E-state index contributed by atoms with van der Waals surface area (Å²) in [5, 5.41) is 9.61. The maximum atomic E-state index is 9.61. The molecule has 1 unspecified atom stereocenters. The second-order valence-corrected chi connectivity index (χ2v) is 6.41. The smallest absolute Gasteiger partial charge is 0.0828 e. The summed E-state index contributed by atoms with van der Waals surface area (Å²) < 4.78 is 0. The maximum Gasteiger partial charge on any atom is 0.0828 e. The quantitative estimate of drug-likeness (QED) is 0.742. The molecular formula is C16H21N. The van der Waals surface area contributed by atoms with E-state index < -0.39 is 0 Å². The van der Waals surface area contributed by atoms with E-state index in [1.165, 1.54) is 11.1 Å². The summed E-state index contributed by atoms with van der Waals surface area (Å²) in [4.78, 5) is 0. The van der Waals surface area contributed by atoms with E-state index in [1.54, 1.807) is 0 Å². The van der Waals surface area contributed by atoms with Crippen LogP contribution in [0.5, 0.6) is 0 Å². The second kappa shape index (κ2) is 4.18. The molecule has 1 nitrogen and oxygen atoms in total. The summed E-state index contributed by atoms with van der Waals surface area (Å²) in [5.74, 6) is 0. The predicted molar refractivity (Wildman–Crippen MR) is 70.7 cm³/mol. The van der Waals surface area contributed by atoms with Crippen LogP contribution >= 0.6 is 0 Å². The minimum Gasteiger partial charge on any atom is -0.197 e. The first kappa shape index (κ1) is 12.2. The Hall–Kier alpha value is -1.29. The van der Waals surface area contributed by atoms with Gasteiger partial charge in [0.15, 0.2) is 0 Å². The largest absolute Gasteiger partial charge is 0.197 e. The zero-order chi connectivity index (χ0) is 12.5. The third-order valence-corrected chi connectivity index (χ3v) is 3.87. The molecule has 0 radical (unpaired) electrons. The number of hydrogen-bond donors (Lipinski definition) is 0. The average molecular weight is 227 g/mol. The number of hydrogen-bond acceptors (Lipinski definition) is 1. The molecule has 1 atom stereocenters. The summed E-state index contributed by atoms with van der Waals surface area (Å²) in [7, 11) is 0. The topological polar surface area (TPSA) is 23.8 Å². The fourth-order valence-corrected chi connectivity index (χ4v) is 2.71. The Bertz CT molecular complexity index is 447. The molecule has 1 aliphatic carbocycles. The first-order valence-corrected chi connectivity index (χ1v) is 6.47. The Morgan fingerprint density at radius 2 is 2.00 bits per heavy atom. The molecule has 1 aliphatic rings. The average Bonchev–Trinajstić information content (AvgIpc) is 2.66. The van der Waals surface area contributed by atoms with Crippen molar-refractivity contribution in [2.24, 2.45) is 5.41 Å². The molecule has 2 rings (SSSR count). The first-order valence-electron chi connectivity index (χ1n) is 6.47. The Kier molecular flexibility index (Phi) is 3.00. The molecule has 0 aliphatic heterocycles. The van der Waals surface area contributed by atoms with Gasteiger partial charge < -0.3 is 0 Å². The van der Waals surface area contributed by atoms with E-state index in [0.29, 0.717) is 5.41 Å². The fraction of sp³-hybridized carbons (Fsp3) is 0.562. The summed E-state index contributed by atoms with van der Waals surface area (Å²) in [5.41, 5.74) is 2.75. The van der Waals surface area contributed by atoms with Gasteiger partial charge in [-0.1, -0.05) is 45.0 Å². The van der Waals surface area contributed by atoms with Crippen LogP contribution in [0.15, 0.2) is 24.3 Å². The molecule has 0 saturated heterocycles. The molecule has 17 heavy (non-hydrogen) atoms. The van der Waals surface area contributed by atoms with Crippen LogP contribution in [0.1, 0.15) is 51.2 Å². The number of nitriles is 1. The van der Waals surface area contributed by atoms with E-state index in [0.717, 1.165) is 25.7 Å². The molecule has 1 aromatic rings. The first-order chi connectivity index (χ1) is 7.97. The van der Waals surface area contributed by atoms with E-state index in [9.17, 15) is 5.26 Å². The van der Waals surface area contributed by atoms with E-state index in [-0.39, 0.29) is 5.41 Å². The van der Waals surface area contributed by atoms with Crippen LogP contribution in [0.2, 0.25) is 0 Å². The molecule has 0 N–H and O–H groups in total. The van der Waals surface area contributed by atoms with Crippen LogP contribution < -0.4 is 0 Å². The van der Waals surface area contributed by atoms with Gasteiger partial charge in [-0.15, -0.1) is 0 Å². The highest BCUT2D eigenvalue weighted by Crippen LogP contribution is 2.43. The lowest BCUT2D eigenvalue weighted by molar-refractivity contribution is 0.323. The van der Waals surface area contributed by atoms with E-state index in [4.69, 9.17) is 0 Å². The van der Waals surface area contributed by atoms with E-state index >= 15 is 0 Å². The summed E-state index contributed by atoms with van der Waals surface area (Å²) in [6.45, 7) is 6.75. The lowest BCUT2D eigenvalue weighted by Gasteiger charge is -2.27. The molecule has 1 heteroatoms. The molecule has 0 amide bonds. The van der Waals surface area contributed by atoms with Gasteiger partial charge in [0.25, 0.3) is 0 Å². The summed E-state index contributed by atoms with van der Waals surface area (Å²) in [6, 6.07) is 11.1. The number of aryl methyl sites for hydroxylation is 1. The van der Waals surface area contributed by atoms with Crippen molar-refractivity contribution < 1.29 is 0 Å². The maximum absolute atomic E-state index is 9.61. The fourth-order valence-electron chi connectivity index (χ4n) is 2.71. The highest BCUT2D eigenvalue weighted by molar-refractivity contribution is 5.43. The van der Waals surface area contributed by atoms with Crippen LogP contribution in [-0.2, 0) is 11.8 Å². The molecule has 0 heterocycles. The van der Waals surface area contributed by atoms with Crippen molar-refractivity contribution in [3.63, 3.8) is 0 Å². The third kappa shape index (κ3) is 2.36. The summed E-state index contributed by atoms with van der Waals surface area (Å²) >= 11 is 0. The second-order valence-electron chi connectivity index (χ2n) is 6.41. The van der Waals surface area contributed by atoms with Gasteiger partial charge in [0.2, 0.25) is 0 Å². The molecule has 0 fully saturated rings. The number of nitrogens with zero attached hydrogens (tertiary/aromatic N) is 1. The number of fused-ring (bicyclic) bond motifs is 1. The van der Waals surface area contributed by atoms with Crippen LogP contribution in [0.4, 0.5) is 0 Å². The van der Waals surface area contributed by atoms with Gasteiger partial charge in [-0.3, -0.25) is 0 Å². The van der Waals surface area contributed by atoms with Crippen molar-refractivity contribution in [1.82, 2.24) is 0 Å². The molecule has 0 spiro atoms. The predicted octanol–water partition coefficient (Wildman–Crippen LogP) is 4.22. The Balaban J connectivity index is 2.26. The Morgan fingerprint density at radius 1 is 1.29 bits per heavy atom. The molecular weight excluding hydrogens is 206 g/mol. The van der Waals surface area contributed by atoms with Gasteiger partial charge in [0, 0.05) is 0 Å². The lowest BCUT2D eigenvalue weighted by atomic mass is 9.75. The van der Waals surface area contributed by atoms with Crippen molar-refractivity contribution in [1.29, 1.82) is 5.26 Å². The number of rotatable bonds is 2. The third-order valence-electron chi connectivity index (χ3n) is 3.87. The van der Waals surface area contributed by atoms with Gasteiger partial charge in [-0.2, -0.15) is 5.26 Å². The SMILES string of the molecule is CC(C)(C)CCC1(C#N)CCc2ccccc21. The molecule has 90 valence electrons. The highest BCUT2D eigenvalue weighted by Gasteiger charge is 2.39. The molecule has 0 saturated carbocycles. The van der Waals surface area contributed by atoms with E-state index in [1.807, 2.05) is 0 Å². The van der Waals surface area contributed by atoms with Crippen molar-refractivity contribution in [3.8, 4) is 6.07 Å². The van der Waals surface area contributed by atoms with Crippen LogP contribution in [0.25, 0.3) is 0 Å². The number of benzene rings is 1. The van der Waals surface area contributed by atoms with Gasteiger partial charge in [-0.05, 0) is 42.2 Å². The van der Waals surface area contributed by atoms with Crippen molar-refractivity contribution in [2.45, 2.75) is 51.9 Å². The van der Waals surface area contributed by atoms with Crippen molar-refractivity contribution in [3.05, 3.63) is 35.4 Å². The monoisotopic (exact) mass is 227 g/mol. The van der Waals surface area contributed by atoms with Crippen LogP contribution in [0, 0.1) is 16.7 Å². The van der Waals surface area contributed by atoms with Crippen LogP contribution in [-0.4, -0.2) is 0 Å². The zero-order valence-corrected chi connectivity index (χ0v) is 11.1. The molecule has 0 aromatic heterocycles. The van der Waals surface area contributed by atoms with Gasteiger partial charge in [-0.25, -0.2) is 0 Å². The molecule has 0 bridgehead atoms. The summed E-state index contributed by atoms with van der Waals surface area (Å²) in [6.07, 6.45) is 4.16. The Morgan fingerprint density at radius 3 is 2.65 bits per heavy atom. The van der Waals surface area contributed by atoms with Crippen LogP contribution in [0.3, 0.4) is 0 Å². The van der Waals surface area contributed by atoms with Gasteiger partial charge in [0.1, 0.15) is 0 Å². The highest BCUT2D eigenvalue weighted by atomic mass is 14.4. The van der Waals surface area contributed by atoms with Gasteiger partial charge in [0.05, 0.1) is 11.5 Å². The zero-order valence-electron chi connectivity index (χ0n) is 11.1. The normalized spacial score (nSPS) is 23.2. The van der Waals surface area contributed by atoms with Gasteiger partial charge >= 0.3 is 0 Å². The molecule has 1 aromatic carbocycles. The lowest BCUT2D eigenvalue weighted by Crippen LogP contribution is -2.23. The van der Waals surface area contributed by atoms with E-state index in [2.05, 4.69) is 51.1 Å². The Labute approximate surface area is 104 Å². The minimum atomic E-state index is -0.218. The standard InChI is InChI=1S/C16H21N/c1-15(2,3)10-11-16(12-17)9-8-13-6-4-5-7-14(13)16/h4-7H,8-11H2,1-3H3. The van der Waals surface area contributed by atoms with Crippen molar-refractivity contribution >= 4 is 0 Å². The van der Waals surface area contributed by atoms with Crippen molar-refractivity contribution in [2.75, 3.05) is 0 Å².